The SMILES string of the molecule is CC1(C)[C@H]2CC[C@@]1(c1ccnc(N3CCN(CCS(C)(=O)=O)CC3)n1)c1nnc(-c3c(F)cccc3F)cc12. The molecule has 2 atom stereocenters. The van der Waals surface area contributed by atoms with Crippen LogP contribution in [0.5, 0.6) is 0 Å². The molecule has 0 unspecified atom stereocenters. The summed E-state index contributed by atoms with van der Waals surface area (Å²) in [7, 11) is -3.00. The third-order valence-corrected chi connectivity index (χ3v) is 10.0. The maximum absolute atomic E-state index is 14.5. The maximum Gasteiger partial charge on any atom is 0.225 e. The lowest BCUT2D eigenvalue weighted by Crippen LogP contribution is -2.48. The minimum atomic E-state index is -3.00. The molecule has 0 spiro atoms. The van der Waals surface area contributed by atoms with Crippen molar-refractivity contribution in [1.82, 2.24) is 25.1 Å². The molecule has 2 bridgehead atoms. The van der Waals surface area contributed by atoms with Gasteiger partial charge in [-0.1, -0.05) is 19.9 Å². The van der Waals surface area contributed by atoms with Gasteiger partial charge in [-0.2, -0.15) is 5.10 Å². The Morgan fingerprint density at radius 2 is 1.77 bits per heavy atom. The van der Waals surface area contributed by atoms with E-state index < -0.39 is 26.9 Å². The Kier molecular flexibility index (Phi) is 6.22. The second kappa shape index (κ2) is 9.26. The van der Waals surface area contributed by atoms with Crippen LogP contribution >= 0.6 is 0 Å². The molecular weight excluding hydrogens is 522 g/mol. The first-order valence-electron chi connectivity index (χ1n) is 13.3. The van der Waals surface area contributed by atoms with Crippen LogP contribution in [0.4, 0.5) is 14.7 Å². The third kappa shape index (κ3) is 4.21. The highest BCUT2D eigenvalue weighted by molar-refractivity contribution is 7.90. The summed E-state index contributed by atoms with van der Waals surface area (Å²) in [5, 5.41) is 8.94. The normalized spacial score (nSPS) is 24.2. The highest BCUT2D eigenvalue weighted by atomic mass is 32.2. The Balaban J connectivity index is 1.32. The van der Waals surface area contributed by atoms with Crippen LogP contribution in [-0.4, -0.2) is 78.2 Å². The van der Waals surface area contributed by atoms with Gasteiger partial charge in [-0.15, -0.1) is 5.10 Å². The molecule has 8 nitrogen and oxygen atoms in total. The van der Waals surface area contributed by atoms with Crippen molar-refractivity contribution < 1.29 is 17.2 Å². The van der Waals surface area contributed by atoms with E-state index >= 15 is 0 Å². The molecule has 3 heterocycles. The van der Waals surface area contributed by atoms with Gasteiger partial charge >= 0.3 is 0 Å². The Hall–Kier alpha value is -3.05. The molecular formula is C28H32F2N6O2S. The predicted molar refractivity (Wildman–Crippen MR) is 144 cm³/mol. The summed E-state index contributed by atoms with van der Waals surface area (Å²) in [5.74, 6) is -0.344. The van der Waals surface area contributed by atoms with E-state index in [-0.39, 0.29) is 28.3 Å². The zero-order valence-corrected chi connectivity index (χ0v) is 23.2. The maximum atomic E-state index is 14.5. The standard InChI is InChI=1S/C28H32F2N6O2S/c1-27(2)19-7-9-28(27,25-18(19)17-22(33-34-25)24-20(29)5-4-6-21(24)30)23-8-10-31-26(32-23)36-13-11-35(12-14-36)15-16-39(3,37)38/h4-6,8,10,17,19H,7,9,11-16H2,1-3H3/t19-,28+/m0/s1. The smallest absolute Gasteiger partial charge is 0.225 e. The Morgan fingerprint density at radius 3 is 2.46 bits per heavy atom. The van der Waals surface area contributed by atoms with Gasteiger partial charge in [0.1, 0.15) is 21.5 Å². The van der Waals surface area contributed by atoms with Crippen molar-refractivity contribution >= 4 is 15.8 Å². The lowest BCUT2D eigenvalue weighted by atomic mass is 9.66. The van der Waals surface area contributed by atoms with Crippen LogP contribution in [0, 0.1) is 17.0 Å². The quantitative estimate of drug-likeness (QED) is 0.457. The summed E-state index contributed by atoms with van der Waals surface area (Å²) < 4.78 is 52.2. The van der Waals surface area contributed by atoms with E-state index in [2.05, 4.69) is 38.8 Å². The van der Waals surface area contributed by atoms with Gasteiger partial charge in [0.15, 0.2) is 0 Å². The van der Waals surface area contributed by atoms with E-state index in [4.69, 9.17) is 4.98 Å². The number of sulfone groups is 1. The summed E-state index contributed by atoms with van der Waals surface area (Å²) >= 11 is 0. The van der Waals surface area contributed by atoms with Gasteiger partial charge in [-0.05, 0) is 54.0 Å². The molecule has 1 saturated carbocycles. The van der Waals surface area contributed by atoms with E-state index in [1.165, 1.54) is 24.5 Å². The van der Waals surface area contributed by atoms with E-state index in [1.807, 2.05) is 12.1 Å². The average molecular weight is 555 g/mol. The zero-order chi connectivity index (χ0) is 27.6. The van der Waals surface area contributed by atoms with Crippen molar-refractivity contribution in [2.45, 2.75) is 38.0 Å². The lowest BCUT2D eigenvalue weighted by molar-refractivity contribution is 0.242. The third-order valence-electron chi connectivity index (χ3n) is 9.11. The highest BCUT2D eigenvalue weighted by Gasteiger charge is 2.65. The van der Waals surface area contributed by atoms with Crippen molar-refractivity contribution in [3.8, 4) is 11.3 Å². The van der Waals surface area contributed by atoms with Crippen LogP contribution in [0.3, 0.4) is 0 Å². The number of nitrogens with zero attached hydrogens (tertiary/aromatic N) is 6. The first kappa shape index (κ1) is 26.2. The summed E-state index contributed by atoms with van der Waals surface area (Å²) in [4.78, 5) is 14.0. The summed E-state index contributed by atoms with van der Waals surface area (Å²) in [6, 6.07) is 7.58. The van der Waals surface area contributed by atoms with Gasteiger partial charge in [0.2, 0.25) is 5.95 Å². The number of aromatic nitrogens is 4. The largest absolute Gasteiger partial charge is 0.338 e. The molecule has 6 rings (SSSR count). The monoisotopic (exact) mass is 554 g/mol. The Morgan fingerprint density at radius 1 is 1.05 bits per heavy atom. The first-order chi connectivity index (χ1) is 18.5. The predicted octanol–water partition coefficient (Wildman–Crippen LogP) is 3.58. The van der Waals surface area contributed by atoms with E-state index in [1.54, 1.807) is 6.20 Å². The molecule has 3 aromatic rings. The zero-order valence-electron chi connectivity index (χ0n) is 22.4. The fourth-order valence-electron chi connectivity index (χ4n) is 6.96. The topological polar surface area (TPSA) is 92.2 Å². The summed E-state index contributed by atoms with van der Waals surface area (Å²) in [5.41, 5.74) is 2.05. The lowest BCUT2D eigenvalue weighted by Gasteiger charge is -2.38. The molecule has 39 heavy (non-hydrogen) atoms. The van der Waals surface area contributed by atoms with Crippen LogP contribution in [0.15, 0.2) is 36.5 Å². The van der Waals surface area contributed by atoms with Gasteiger partial charge in [-0.25, -0.2) is 27.2 Å². The first-order valence-corrected chi connectivity index (χ1v) is 15.4. The van der Waals surface area contributed by atoms with Crippen molar-refractivity contribution in [2.24, 2.45) is 5.41 Å². The number of anilines is 1. The second-order valence-corrected chi connectivity index (χ2v) is 13.8. The van der Waals surface area contributed by atoms with E-state index in [9.17, 15) is 17.2 Å². The van der Waals surface area contributed by atoms with Crippen molar-refractivity contribution in [2.75, 3.05) is 49.6 Å². The number of halogens is 2. The van der Waals surface area contributed by atoms with Gasteiger partial charge in [0, 0.05) is 45.2 Å². The molecule has 1 aromatic carbocycles. The van der Waals surface area contributed by atoms with Crippen molar-refractivity contribution in [3.63, 3.8) is 0 Å². The van der Waals surface area contributed by atoms with Gasteiger partial charge in [0.05, 0.1) is 33.8 Å². The fourth-order valence-corrected chi connectivity index (χ4v) is 7.55. The average Bonchev–Trinajstić information content (AvgIpc) is 3.28. The van der Waals surface area contributed by atoms with E-state index in [0.29, 0.717) is 25.6 Å². The van der Waals surface area contributed by atoms with E-state index in [0.717, 1.165) is 42.9 Å². The van der Waals surface area contributed by atoms with Gasteiger partial charge in [-0.3, -0.25) is 4.90 Å². The number of piperazine rings is 1. The van der Waals surface area contributed by atoms with Crippen molar-refractivity contribution in [3.05, 3.63) is 65.1 Å². The Bertz CT molecular complexity index is 1520. The summed E-state index contributed by atoms with van der Waals surface area (Å²) in [6.45, 7) is 7.87. The molecule has 0 radical (unpaired) electrons. The fraction of sp³-hybridized carbons (Fsp3) is 0.500. The molecule has 1 aliphatic heterocycles. The van der Waals surface area contributed by atoms with Crippen LogP contribution in [-0.2, 0) is 15.3 Å². The molecule has 1 saturated heterocycles. The number of fused-ring (bicyclic) bond motifs is 5. The number of benzene rings is 1. The molecule has 206 valence electrons. The van der Waals surface area contributed by atoms with Crippen LogP contribution in [0.25, 0.3) is 11.3 Å². The van der Waals surface area contributed by atoms with Crippen LogP contribution in [0.2, 0.25) is 0 Å². The Labute approximate surface area is 227 Å². The second-order valence-electron chi connectivity index (χ2n) is 11.5. The number of hydrogen-bond donors (Lipinski definition) is 0. The van der Waals surface area contributed by atoms with Crippen LogP contribution < -0.4 is 4.90 Å². The molecule has 2 aliphatic carbocycles. The summed E-state index contributed by atoms with van der Waals surface area (Å²) in [6.07, 6.45) is 4.83. The minimum absolute atomic E-state index is 0.151. The molecule has 11 heteroatoms. The molecule has 0 N–H and O–H groups in total. The van der Waals surface area contributed by atoms with Gasteiger partial charge < -0.3 is 4.90 Å². The molecule has 3 aliphatic rings. The molecule has 2 fully saturated rings. The number of rotatable bonds is 6. The minimum Gasteiger partial charge on any atom is -0.338 e. The molecule has 0 amide bonds. The van der Waals surface area contributed by atoms with Crippen LogP contribution in [0.1, 0.15) is 49.6 Å². The highest BCUT2D eigenvalue weighted by Crippen LogP contribution is 2.69. The molecule has 2 aromatic heterocycles. The van der Waals surface area contributed by atoms with Gasteiger partial charge in [0.25, 0.3) is 0 Å². The number of hydrogen-bond acceptors (Lipinski definition) is 8. The van der Waals surface area contributed by atoms with Crippen molar-refractivity contribution in [1.29, 1.82) is 0 Å².